The highest BCUT2D eigenvalue weighted by atomic mass is 35.5. The molecule has 1 aromatic carbocycles. The van der Waals surface area contributed by atoms with Gasteiger partial charge in [-0.3, -0.25) is 4.79 Å². The second-order valence-electron chi connectivity index (χ2n) is 6.17. The summed E-state index contributed by atoms with van der Waals surface area (Å²) in [7, 11) is 0. The summed E-state index contributed by atoms with van der Waals surface area (Å²) in [5.74, 6) is 1.14. The summed E-state index contributed by atoms with van der Waals surface area (Å²) in [6, 6.07) is 7.59. The molecule has 0 N–H and O–H groups in total. The number of carbonyl (C=O) groups excluding carboxylic acids is 1. The Balaban J connectivity index is 1.82. The summed E-state index contributed by atoms with van der Waals surface area (Å²) in [4.78, 5) is 19.1. The van der Waals surface area contributed by atoms with E-state index in [1.807, 2.05) is 34.5 Å². The Morgan fingerprint density at radius 1 is 1.27 bits per heavy atom. The number of thiazole rings is 1. The van der Waals surface area contributed by atoms with Crippen LogP contribution < -0.4 is 0 Å². The first kappa shape index (κ1) is 15.5. The lowest BCUT2D eigenvalue weighted by Gasteiger charge is -2.34. The molecule has 116 valence electrons. The molecule has 2 unspecified atom stereocenters. The van der Waals surface area contributed by atoms with E-state index in [4.69, 9.17) is 11.6 Å². The molecule has 1 aliphatic rings. The molecular formula is C17H19ClN2OS. The van der Waals surface area contributed by atoms with Gasteiger partial charge in [-0.15, -0.1) is 11.3 Å². The molecular weight excluding hydrogens is 316 g/mol. The van der Waals surface area contributed by atoms with E-state index < -0.39 is 0 Å². The van der Waals surface area contributed by atoms with Crippen LogP contribution in [0.5, 0.6) is 0 Å². The number of benzene rings is 1. The van der Waals surface area contributed by atoms with E-state index in [2.05, 4.69) is 18.8 Å². The molecule has 22 heavy (non-hydrogen) atoms. The predicted molar refractivity (Wildman–Crippen MR) is 91.4 cm³/mol. The lowest BCUT2D eigenvalue weighted by atomic mass is 9.92. The van der Waals surface area contributed by atoms with Gasteiger partial charge in [0.05, 0.1) is 5.02 Å². The van der Waals surface area contributed by atoms with Crippen LogP contribution in [0.4, 0.5) is 0 Å². The molecule has 5 heteroatoms. The third-order valence-electron chi connectivity index (χ3n) is 3.98. The fourth-order valence-electron chi connectivity index (χ4n) is 3.12. The summed E-state index contributed by atoms with van der Waals surface area (Å²) < 4.78 is 0. The zero-order chi connectivity index (χ0) is 15.7. The molecule has 0 saturated carbocycles. The summed E-state index contributed by atoms with van der Waals surface area (Å²) in [6.07, 6.45) is 1.19. The molecule has 1 aromatic heterocycles. The highest BCUT2D eigenvalue weighted by Crippen LogP contribution is 2.31. The van der Waals surface area contributed by atoms with Crippen molar-refractivity contribution in [2.75, 3.05) is 13.1 Å². The normalized spacial score (nSPS) is 21.9. The Morgan fingerprint density at radius 3 is 2.64 bits per heavy atom. The quantitative estimate of drug-likeness (QED) is 0.805. The molecule has 1 amide bonds. The van der Waals surface area contributed by atoms with Crippen molar-refractivity contribution in [2.24, 2.45) is 11.8 Å². The molecule has 3 rings (SSSR count). The van der Waals surface area contributed by atoms with Crippen molar-refractivity contribution in [3.63, 3.8) is 0 Å². The van der Waals surface area contributed by atoms with Gasteiger partial charge in [0.1, 0.15) is 10.7 Å². The van der Waals surface area contributed by atoms with Crippen molar-refractivity contribution in [3.8, 4) is 10.6 Å². The fourth-order valence-corrected chi connectivity index (χ4v) is 4.24. The second-order valence-corrected chi connectivity index (χ2v) is 7.44. The highest BCUT2D eigenvalue weighted by molar-refractivity contribution is 7.13. The number of halogens is 1. The van der Waals surface area contributed by atoms with Crippen LogP contribution in [0.2, 0.25) is 5.02 Å². The van der Waals surface area contributed by atoms with E-state index >= 15 is 0 Å². The summed E-state index contributed by atoms with van der Waals surface area (Å²) in [5.41, 5.74) is 1.41. The van der Waals surface area contributed by atoms with Crippen LogP contribution in [0.25, 0.3) is 10.6 Å². The number of hydrogen-bond donors (Lipinski definition) is 0. The number of aromatic nitrogens is 1. The molecule has 1 aliphatic heterocycles. The zero-order valence-electron chi connectivity index (χ0n) is 12.8. The van der Waals surface area contributed by atoms with Gasteiger partial charge in [0.25, 0.3) is 5.91 Å². The van der Waals surface area contributed by atoms with Crippen molar-refractivity contribution in [3.05, 3.63) is 40.4 Å². The fraction of sp³-hybridized carbons (Fsp3) is 0.412. The largest absolute Gasteiger partial charge is 0.337 e. The van der Waals surface area contributed by atoms with Crippen LogP contribution in [0.15, 0.2) is 29.6 Å². The van der Waals surface area contributed by atoms with Gasteiger partial charge >= 0.3 is 0 Å². The average molecular weight is 335 g/mol. The highest BCUT2D eigenvalue weighted by Gasteiger charge is 2.27. The minimum absolute atomic E-state index is 0.0351. The summed E-state index contributed by atoms with van der Waals surface area (Å²) in [6.45, 7) is 6.04. The first-order valence-electron chi connectivity index (χ1n) is 7.54. The van der Waals surface area contributed by atoms with Crippen LogP contribution in [-0.2, 0) is 0 Å². The van der Waals surface area contributed by atoms with Gasteiger partial charge in [0.15, 0.2) is 0 Å². The lowest BCUT2D eigenvalue weighted by Crippen LogP contribution is -2.42. The number of amides is 1. The van der Waals surface area contributed by atoms with Gasteiger partial charge in [-0.2, -0.15) is 0 Å². The van der Waals surface area contributed by atoms with Crippen LogP contribution in [-0.4, -0.2) is 28.9 Å². The van der Waals surface area contributed by atoms with Crippen LogP contribution in [0.3, 0.4) is 0 Å². The first-order valence-corrected chi connectivity index (χ1v) is 8.80. The average Bonchev–Trinajstić information content (AvgIpc) is 2.95. The number of likely N-dealkylation sites (tertiary alicyclic amines) is 1. The summed E-state index contributed by atoms with van der Waals surface area (Å²) in [5, 5.41) is 3.30. The second kappa shape index (κ2) is 6.39. The maximum Gasteiger partial charge on any atom is 0.273 e. The van der Waals surface area contributed by atoms with Crippen LogP contribution in [0.1, 0.15) is 30.8 Å². The maximum atomic E-state index is 12.7. The van der Waals surface area contributed by atoms with Gasteiger partial charge in [-0.1, -0.05) is 43.6 Å². The maximum absolute atomic E-state index is 12.7. The van der Waals surface area contributed by atoms with E-state index in [1.165, 1.54) is 17.8 Å². The van der Waals surface area contributed by atoms with E-state index in [1.54, 1.807) is 0 Å². The number of rotatable bonds is 2. The molecule has 1 saturated heterocycles. The van der Waals surface area contributed by atoms with Gasteiger partial charge in [0, 0.05) is 24.0 Å². The minimum atomic E-state index is 0.0351. The monoisotopic (exact) mass is 334 g/mol. The van der Waals surface area contributed by atoms with Crippen molar-refractivity contribution < 1.29 is 4.79 Å². The molecule has 2 atom stereocenters. The Kier molecular flexibility index (Phi) is 4.50. The third kappa shape index (κ3) is 3.18. The topological polar surface area (TPSA) is 33.2 Å². The molecule has 3 nitrogen and oxygen atoms in total. The zero-order valence-corrected chi connectivity index (χ0v) is 14.3. The molecule has 2 aromatic rings. The SMILES string of the molecule is CC1CC(C)CN(C(=O)c2csc(-c3ccccc3Cl)n2)C1. The van der Waals surface area contributed by atoms with Gasteiger partial charge in [-0.05, 0) is 24.3 Å². The number of hydrogen-bond acceptors (Lipinski definition) is 3. The Labute approximate surface area is 139 Å². The summed E-state index contributed by atoms with van der Waals surface area (Å²) >= 11 is 7.67. The van der Waals surface area contributed by atoms with Gasteiger partial charge < -0.3 is 4.90 Å². The number of nitrogens with zero attached hydrogens (tertiary/aromatic N) is 2. The standard InChI is InChI=1S/C17H19ClN2OS/c1-11-7-12(2)9-20(8-11)17(21)15-10-22-16(19-15)13-5-3-4-6-14(13)18/h3-6,10-12H,7-9H2,1-2H3. The van der Waals surface area contributed by atoms with Crippen molar-refractivity contribution >= 4 is 28.8 Å². The molecule has 1 fully saturated rings. The predicted octanol–water partition coefficient (Wildman–Crippen LogP) is 4.58. The Hall–Kier alpha value is -1.39. The van der Waals surface area contributed by atoms with Crippen LogP contribution in [0, 0.1) is 11.8 Å². The molecule has 0 bridgehead atoms. The Bertz CT molecular complexity index is 675. The molecule has 0 aliphatic carbocycles. The van der Waals surface area contributed by atoms with Gasteiger partial charge in [-0.25, -0.2) is 4.98 Å². The molecule has 0 radical (unpaired) electrons. The van der Waals surface area contributed by atoms with E-state index in [9.17, 15) is 4.79 Å². The number of carbonyl (C=O) groups is 1. The van der Waals surface area contributed by atoms with Crippen molar-refractivity contribution in [1.82, 2.24) is 9.88 Å². The number of piperidine rings is 1. The van der Waals surface area contributed by atoms with Crippen molar-refractivity contribution in [1.29, 1.82) is 0 Å². The molecule has 2 heterocycles. The third-order valence-corrected chi connectivity index (χ3v) is 5.19. The first-order chi connectivity index (χ1) is 10.5. The van der Waals surface area contributed by atoms with E-state index in [-0.39, 0.29) is 5.91 Å². The van der Waals surface area contributed by atoms with Crippen LogP contribution >= 0.6 is 22.9 Å². The van der Waals surface area contributed by atoms with E-state index in [0.717, 1.165) is 23.7 Å². The lowest BCUT2D eigenvalue weighted by molar-refractivity contribution is 0.0618. The minimum Gasteiger partial charge on any atom is -0.337 e. The smallest absolute Gasteiger partial charge is 0.273 e. The Morgan fingerprint density at radius 2 is 1.95 bits per heavy atom. The van der Waals surface area contributed by atoms with Crippen molar-refractivity contribution in [2.45, 2.75) is 20.3 Å². The van der Waals surface area contributed by atoms with Gasteiger partial charge in [0.2, 0.25) is 0 Å². The molecule has 0 spiro atoms. The van der Waals surface area contributed by atoms with E-state index in [0.29, 0.717) is 22.6 Å².